The van der Waals surface area contributed by atoms with Crippen LogP contribution in [0.2, 0.25) is 0 Å². The van der Waals surface area contributed by atoms with Crippen molar-refractivity contribution in [3.8, 4) is 0 Å². The van der Waals surface area contributed by atoms with E-state index in [2.05, 4.69) is 22.6 Å². The lowest BCUT2D eigenvalue weighted by Crippen LogP contribution is -2.30. The van der Waals surface area contributed by atoms with Gasteiger partial charge in [0.15, 0.2) is 0 Å². The molecule has 0 N–H and O–H groups in total. The maximum atomic E-state index is 12.1. The smallest absolute Gasteiger partial charge is 0.268 e. The van der Waals surface area contributed by atoms with Crippen LogP contribution in [0.1, 0.15) is 30.1 Å². The summed E-state index contributed by atoms with van der Waals surface area (Å²) in [7, 11) is -3.60. The Labute approximate surface area is 114 Å². The van der Waals surface area contributed by atoms with E-state index >= 15 is 0 Å². The molecule has 0 bridgehead atoms. The first-order valence-corrected chi connectivity index (χ1v) is 7.87. The number of carbonyl (C=O) groups is 1. The molecule has 0 spiro atoms. The van der Waals surface area contributed by atoms with Gasteiger partial charge in [0.05, 0.1) is 5.56 Å². The fourth-order valence-electron chi connectivity index (χ4n) is 1.78. The standard InChI is InChI=1S/C11H12INO3S/c1-2-3-6-13-11(14)9-7-8(12)4-5-10(9)17(13,15)16/h4-5,7H,2-3,6H2,1H3. The van der Waals surface area contributed by atoms with Crippen LogP contribution in [0.25, 0.3) is 0 Å². The van der Waals surface area contributed by atoms with Crippen molar-refractivity contribution in [3.05, 3.63) is 27.3 Å². The van der Waals surface area contributed by atoms with Gasteiger partial charge in [-0.1, -0.05) is 13.3 Å². The summed E-state index contributed by atoms with van der Waals surface area (Å²) in [5, 5.41) is 0. The molecule has 1 aromatic rings. The average molecular weight is 365 g/mol. The van der Waals surface area contributed by atoms with Gasteiger partial charge in [-0.05, 0) is 47.2 Å². The highest BCUT2D eigenvalue weighted by molar-refractivity contribution is 14.1. The summed E-state index contributed by atoms with van der Waals surface area (Å²) in [5.41, 5.74) is 0.299. The molecule has 0 aliphatic carbocycles. The van der Waals surface area contributed by atoms with Crippen LogP contribution in [0.4, 0.5) is 0 Å². The van der Waals surface area contributed by atoms with E-state index in [1.165, 1.54) is 6.07 Å². The Morgan fingerprint density at radius 2 is 2.06 bits per heavy atom. The second-order valence-corrected chi connectivity index (χ2v) is 6.95. The molecule has 0 fully saturated rings. The zero-order chi connectivity index (χ0) is 12.6. The number of amides is 1. The summed E-state index contributed by atoms with van der Waals surface area (Å²) < 4.78 is 26.1. The van der Waals surface area contributed by atoms with Crippen molar-refractivity contribution < 1.29 is 13.2 Å². The Bertz CT molecular complexity index is 568. The van der Waals surface area contributed by atoms with Crippen molar-refractivity contribution in [2.24, 2.45) is 0 Å². The van der Waals surface area contributed by atoms with Crippen LogP contribution < -0.4 is 0 Å². The van der Waals surface area contributed by atoms with Crippen molar-refractivity contribution in [2.75, 3.05) is 6.54 Å². The third kappa shape index (κ3) is 2.08. The Hall–Kier alpha value is -0.630. The fourth-order valence-corrected chi connectivity index (χ4v) is 3.86. The topological polar surface area (TPSA) is 54.5 Å². The van der Waals surface area contributed by atoms with Crippen LogP contribution >= 0.6 is 22.6 Å². The third-order valence-corrected chi connectivity index (χ3v) is 5.19. The highest BCUT2D eigenvalue weighted by Gasteiger charge is 2.40. The lowest BCUT2D eigenvalue weighted by Gasteiger charge is -2.13. The number of hydrogen-bond donors (Lipinski definition) is 0. The summed E-state index contributed by atoms with van der Waals surface area (Å²) in [6.07, 6.45) is 1.54. The minimum Gasteiger partial charge on any atom is -0.268 e. The number of fused-ring (bicyclic) bond motifs is 1. The van der Waals surface area contributed by atoms with Crippen LogP contribution in [0.15, 0.2) is 23.1 Å². The van der Waals surface area contributed by atoms with E-state index in [1.807, 2.05) is 6.92 Å². The van der Waals surface area contributed by atoms with Crippen LogP contribution in [-0.4, -0.2) is 25.2 Å². The monoisotopic (exact) mass is 365 g/mol. The highest BCUT2D eigenvalue weighted by atomic mass is 127. The van der Waals surface area contributed by atoms with E-state index < -0.39 is 15.9 Å². The molecule has 4 nitrogen and oxygen atoms in total. The van der Waals surface area contributed by atoms with Crippen molar-refractivity contribution in [1.82, 2.24) is 4.31 Å². The van der Waals surface area contributed by atoms with Crippen molar-refractivity contribution in [2.45, 2.75) is 24.7 Å². The van der Waals surface area contributed by atoms with E-state index in [0.717, 1.165) is 14.3 Å². The van der Waals surface area contributed by atoms with Gasteiger partial charge in [-0.15, -0.1) is 0 Å². The number of benzene rings is 1. The number of nitrogens with zero attached hydrogens (tertiary/aromatic N) is 1. The predicted molar refractivity (Wildman–Crippen MR) is 72.3 cm³/mol. The van der Waals surface area contributed by atoms with E-state index in [9.17, 15) is 13.2 Å². The Morgan fingerprint density at radius 1 is 1.35 bits per heavy atom. The van der Waals surface area contributed by atoms with Gasteiger partial charge in [0.1, 0.15) is 4.90 Å². The molecule has 17 heavy (non-hydrogen) atoms. The molecule has 92 valence electrons. The average Bonchev–Trinajstić information content (AvgIpc) is 2.45. The minimum absolute atomic E-state index is 0.138. The van der Waals surface area contributed by atoms with Gasteiger partial charge in [0.2, 0.25) is 0 Å². The van der Waals surface area contributed by atoms with E-state index in [1.54, 1.807) is 12.1 Å². The lowest BCUT2D eigenvalue weighted by atomic mass is 10.2. The molecule has 0 aromatic heterocycles. The predicted octanol–water partition coefficient (Wildman–Crippen LogP) is 2.24. The van der Waals surface area contributed by atoms with Crippen LogP contribution in [0, 0.1) is 3.57 Å². The van der Waals surface area contributed by atoms with Gasteiger partial charge >= 0.3 is 0 Å². The molecule has 0 radical (unpaired) electrons. The summed E-state index contributed by atoms with van der Waals surface area (Å²) in [6, 6.07) is 4.84. The summed E-state index contributed by atoms with van der Waals surface area (Å²) in [4.78, 5) is 12.2. The molecule has 1 aliphatic rings. The van der Waals surface area contributed by atoms with Gasteiger partial charge < -0.3 is 0 Å². The van der Waals surface area contributed by atoms with Crippen molar-refractivity contribution >= 4 is 38.5 Å². The SMILES string of the molecule is CCCCN1C(=O)c2cc(I)ccc2S1(=O)=O. The molecule has 2 rings (SSSR count). The lowest BCUT2D eigenvalue weighted by molar-refractivity contribution is 0.0870. The molecule has 0 saturated carbocycles. The molecule has 0 saturated heterocycles. The maximum Gasteiger partial charge on any atom is 0.269 e. The first-order valence-electron chi connectivity index (χ1n) is 5.35. The molecule has 1 aromatic carbocycles. The van der Waals surface area contributed by atoms with Gasteiger partial charge in [0.25, 0.3) is 15.9 Å². The molecule has 1 aliphatic heterocycles. The second kappa shape index (κ2) is 4.56. The number of carbonyl (C=O) groups excluding carboxylic acids is 1. The van der Waals surface area contributed by atoms with Gasteiger partial charge in [0, 0.05) is 10.1 Å². The highest BCUT2D eigenvalue weighted by Crippen LogP contribution is 2.31. The molecule has 1 heterocycles. The van der Waals surface area contributed by atoms with E-state index in [4.69, 9.17) is 0 Å². The van der Waals surface area contributed by atoms with Crippen molar-refractivity contribution in [1.29, 1.82) is 0 Å². The molecular formula is C11H12INO3S. The number of halogens is 1. The summed E-state index contributed by atoms with van der Waals surface area (Å²) in [5.74, 6) is -0.396. The quantitative estimate of drug-likeness (QED) is 0.772. The number of rotatable bonds is 3. The Kier molecular flexibility index (Phi) is 3.44. The zero-order valence-electron chi connectivity index (χ0n) is 9.31. The summed E-state index contributed by atoms with van der Waals surface area (Å²) >= 11 is 2.07. The van der Waals surface area contributed by atoms with Crippen LogP contribution in [0.3, 0.4) is 0 Å². The van der Waals surface area contributed by atoms with Gasteiger partial charge in [-0.3, -0.25) is 4.79 Å². The van der Waals surface area contributed by atoms with Crippen LogP contribution in [-0.2, 0) is 10.0 Å². The van der Waals surface area contributed by atoms with Gasteiger partial charge in [-0.25, -0.2) is 12.7 Å². The third-order valence-electron chi connectivity index (χ3n) is 2.68. The zero-order valence-corrected chi connectivity index (χ0v) is 12.3. The normalized spacial score (nSPS) is 17.3. The van der Waals surface area contributed by atoms with Crippen LogP contribution in [0.5, 0.6) is 0 Å². The number of sulfonamides is 1. The molecular weight excluding hydrogens is 353 g/mol. The molecule has 1 amide bonds. The summed E-state index contributed by atoms with van der Waals surface area (Å²) in [6.45, 7) is 2.23. The molecule has 6 heteroatoms. The van der Waals surface area contributed by atoms with E-state index in [0.29, 0.717) is 12.0 Å². The minimum atomic E-state index is -3.60. The number of hydrogen-bond acceptors (Lipinski definition) is 3. The second-order valence-electron chi connectivity index (χ2n) is 3.88. The first kappa shape index (κ1) is 12.8. The maximum absolute atomic E-state index is 12.1. The fraction of sp³-hybridized carbons (Fsp3) is 0.364. The molecule has 0 unspecified atom stereocenters. The Balaban J connectivity index is 2.49. The van der Waals surface area contributed by atoms with Crippen molar-refractivity contribution in [3.63, 3.8) is 0 Å². The van der Waals surface area contributed by atoms with E-state index in [-0.39, 0.29) is 11.4 Å². The largest absolute Gasteiger partial charge is 0.269 e. The Morgan fingerprint density at radius 3 is 2.71 bits per heavy atom. The number of unbranched alkanes of at least 4 members (excludes halogenated alkanes) is 1. The van der Waals surface area contributed by atoms with Gasteiger partial charge in [-0.2, -0.15) is 0 Å². The first-order chi connectivity index (χ1) is 7.98. The molecule has 0 atom stereocenters.